The van der Waals surface area contributed by atoms with E-state index in [9.17, 15) is 5.11 Å². The predicted molar refractivity (Wildman–Crippen MR) is 74.5 cm³/mol. The molecule has 0 amide bonds. The van der Waals surface area contributed by atoms with Crippen LogP contribution in [0.5, 0.6) is 0 Å². The highest BCUT2D eigenvalue weighted by molar-refractivity contribution is 4.89. The van der Waals surface area contributed by atoms with Crippen molar-refractivity contribution in [3.8, 4) is 0 Å². The zero-order valence-electron chi connectivity index (χ0n) is 12.4. The molecule has 0 bridgehead atoms. The lowest BCUT2D eigenvalue weighted by Gasteiger charge is -2.40. The highest BCUT2D eigenvalue weighted by atomic mass is 16.5. The number of aliphatic hydroxyl groups excluding tert-OH is 1. The van der Waals surface area contributed by atoms with Gasteiger partial charge in [0.25, 0.3) is 0 Å². The zero-order valence-corrected chi connectivity index (χ0v) is 12.4. The summed E-state index contributed by atoms with van der Waals surface area (Å²) in [6, 6.07) is -0.0494. The van der Waals surface area contributed by atoms with Crippen molar-refractivity contribution in [2.75, 3.05) is 26.8 Å². The highest BCUT2D eigenvalue weighted by Gasteiger charge is 2.32. The number of likely N-dealkylation sites (N-methyl/N-ethyl adjacent to an activating group) is 1. The fourth-order valence-corrected chi connectivity index (χ4v) is 2.51. The van der Waals surface area contributed by atoms with Crippen LogP contribution in [0.2, 0.25) is 0 Å². The Morgan fingerprint density at radius 2 is 2.06 bits per heavy atom. The van der Waals surface area contributed by atoms with E-state index in [-0.39, 0.29) is 24.1 Å². The van der Waals surface area contributed by atoms with Gasteiger partial charge in [-0.3, -0.25) is 4.90 Å². The molecule has 1 fully saturated rings. The summed E-state index contributed by atoms with van der Waals surface area (Å²) in [7, 11) is 2.03. The Balaban J connectivity index is 2.53. The molecule has 18 heavy (non-hydrogen) atoms. The normalized spacial score (nSPS) is 25.2. The molecule has 3 atom stereocenters. The van der Waals surface area contributed by atoms with Crippen LogP contribution in [0.25, 0.3) is 0 Å². The molecule has 0 aromatic rings. The van der Waals surface area contributed by atoms with Gasteiger partial charge in [-0.2, -0.15) is 0 Å². The summed E-state index contributed by atoms with van der Waals surface area (Å²) in [6.45, 7) is 8.17. The lowest BCUT2D eigenvalue weighted by atomic mass is 9.82. The fourth-order valence-electron chi connectivity index (χ4n) is 2.51. The molecule has 1 aliphatic rings. The van der Waals surface area contributed by atoms with Crippen LogP contribution in [0.3, 0.4) is 0 Å². The van der Waals surface area contributed by atoms with Gasteiger partial charge in [0.15, 0.2) is 0 Å². The minimum Gasteiger partial charge on any atom is -0.395 e. The van der Waals surface area contributed by atoms with E-state index in [2.05, 4.69) is 25.7 Å². The van der Waals surface area contributed by atoms with Crippen LogP contribution in [0.1, 0.15) is 40.0 Å². The van der Waals surface area contributed by atoms with E-state index >= 15 is 0 Å². The van der Waals surface area contributed by atoms with Crippen molar-refractivity contribution in [1.29, 1.82) is 0 Å². The number of rotatable bonds is 5. The van der Waals surface area contributed by atoms with Crippen LogP contribution in [0.4, 0.5) is 0 Å². The Hall–Kier alpha value is -0.160. The van der Waals surface area contributed by atoms with Gasteiger partial charge in [-0.25, -0.2) is 0 Å². The quantitative estimate of drug-likeness (QED) is 0.778. The molecule has 1 rings (SSSR count). The molecule has 108 valence electrons. The number of nitrogens with two attached hydrogens (primary N) is 1. The fraction of sp³-hybridized carbons (Fsp3) is 1.00. The predicted octanol–water partition coefficient (Wildman–Crippen LogP) is 1.22. The highest BCUT2D eigenvalue weighted by Crippen LogP contribution is 2.23. The number of nitrogens with zero attached hydrogens (tertiary/aromatic N) is 1. The minimum absolute atomic E-state index is 0.00414. The Labute approximate surface area is 111 Å². The molecule has 0 spiro atoms. The molecular weight excluding hydrogens is 228 g/mol. The second-order valence-corrected chi connectivity index (χ2v) is 6.57. The average molecular weight is 258 g/mol. The van der Waals surface area contributed by atoms with Crippen LogP contribution in [-0.2, 0) is 4.74 Å². The van der Waals surface area contributed by atoms with Crippen molar-refractivity contribution in [2.24, 2.45) is 11.1 Å². The number of aliphatic hydroxyl groups is 1. The largest absolute Gasteiger partial charge is 0.395 e. The molecule has 1 aliphatic heterocycles. The Kier molecular flexibility index (Phi) is 6.05. The summed E-state index contributed by atoms with van der Waals surface area (Å²) < 4.78 is 5.74. The van der Waals surface area contributed by atoms with E-state index in [1.54, 1.807) is 0 Å². The molecule has 0 aromatic heterocycles. The standard InChI is InChI=1S/C14H30N2O2/c1-14(2,3)13(15)12(10-17)16(4)9-11-7-5-6-8-18-11/h11-13,17H,5-10,15H2,1-4H3. The summed E-state index contributed by atoms with van der Waals surface area (Å²) >= 11 is 0. The molecule has 3 unspecified atom stereocenters. The van der Waals surface area contributed by atoms with Crippen LogP contribution in [-0.4, -0.2) is 55.0 Å². The molecule has 0 radical (unpaired) electrons. The summed E-state index contributed by atoms with van der Waals surface area (Å²) in [6.07, 6.45) is 3.83. The van der Waals surface area contributed by atoms with Gasteiger partial charge >= 0.3 is 0 Å². The number of ether oxygens (including phenoxy) is 1. The van der Waals surface area contributed by atoms with Gasteiger partial charge in [-0.15, -0.1) is 0 Å². The van der Waals surface area contributed by atoms with E-state index in [1.807, 2.05) is 7.05 Å². The van der Waals surface area contributed by atoms with Crippen LogP contribution < -0.4 is 5.73 Å². The third-order valence-electron chi connectivity index (χ3n) is 3.93. The topological polar surface area (TPSA) is 58.7 Å². The van der Waals surface area contributed by atoms with Gasteiger partial charge in [-0.1, -0.05) is 20.8 Å². The Bertz CT molecular complexity index is 234. The van der Waals surface area contributed by atoms with E-state index in [0.717, 1.165) is 19.6 Å². The van der Waals surface area contributed by atoms with Crippen molar-refractivity contribution in [1.82, 2.24) is 4.90 Å². The molecule has 1 heterocycles. The SMILES string of the molecule is CN(CC1CCCCO1)C(CO)C(N)C(C)(C)C. The molecule has 4 heteroatoms. The van der Waals surface area contributed by atoms with Crippen LogP contribution >= 0.6 is 0 Å². The van der Waals surface area contributed by atoms with Crippen molar-refractivity contribution in [3.63, 3.8) is 0 Å². The van der Waals surface area contributed by atoms with Gasteiger partial charge in [0.1, 0.15) is 0 Å². The van der Waals surface area contributed by atoms with Crippen LogP contribution in [0.15, 0.2) is 0 Å². The van der Waals surface area contributed by atoms with E-state index in [4.69, 9.17) is 10.5 Å². The zero-order chi connectivity index (χ0) is 13.8. The summed E-state index contributed by atoms with van der Waals surface area (Å²) in [5.41, 5.74) is 6.26. The maximum Gasteiger partial charge on any atom is 0.0702 e. The number of hydrogen-bond donors (Lipinski definition) is 2. The minimum atomic E-state index is -0.0453. The first-order valence-electron chi connectivity index (χ1n) is 7.04. The van der Waals surface area contributed by atoms with E-state index in [1.165, 1.54) is 12.8 Å². The monoisotopic (exact) mass is 258 g/mol. The van der Waals surface area contributed by atoms with Crippen molar-refractivity contribution in [2.45, 2.75) is 58.2 Å². The van der Waals surface area contributed by atoms with E-state index < -0.39 is 0 Å². The smallest absolute Gasteiger partial charge is 0.0702 e. The second-order valence-electron chi connectivity index (χ2n) is 6.57. The summed E-state index contributed by atoms with van der Waals surface area (Å²) in [4.78, 5) is 2.16. The van der Waals surface area contributed by atoms with Crippen molar-refractivity contribution in [3.05, 3.63) is 0 Å². The van der Waals surface area contributed by atoms with Gasteiger partial charge in [0.05, 0.1) is 12.7 Å². The van der Waals surface area contributed by atoms with Gasteiger partial charge in [0, 0.05) is 25.2 Å². The third-order valence-corrected chi connectivity index (χ3v) is 3.93. The Morgan fingerprint density at radius 1 is 1.39 bits per heavy atom. The molecule has 0 saturated carbocycles. The van der Waals surface area contributed by atoms with Crippen molar-refractivity contribution < 1.29 is 9.84 Å². The first-order valence-corrected chi connectivity index (χ1v) is 7.04. The molecule has 0 aromatic carbocycles. The number of hydrogen-bond acceptors (Lipinski definition) is 4. The van der Waals surface area contributed by atoms with Crippen LogP contribution in [0, 0.1) is 5.41 Å². The maximum atomic E-state index is 9.60. The lowest BCUT2D eigenvalue weighted by molar-refractivity contribution is -0.0198. The second kappa shape index (κ2) is 6.85. The summed E-state index contributed by atoms with van der Waals surface area (Å²) in [5.74, 6) is 0. The van der Waals surface area contributed by atoms with Crippen molar-refractivity contribution >= 4 is 0 Å². The molecule has 3 N–H and O–H groups in total. The molecular formula is C14H30N2O2. The lowest BCUT2D eigenvalue weighted by Crippen LogP contribution is -2.56. The molecule has 4 nitrogen and oxygen atoms in total. The van der Waals surface area contributed by atoms with Gasteiger partial charge in [-0.05, 0) is 31.7 Å². The average Bonchev–Trinajstić information content (AvgIpc) is 2.29. The van der Waals surface area contributed by atoms with E-state index in [0.29, 0.717) is 6.10 Å². The first kappa shape index (κ1) is 15.9. The molecule has 0 aliphatic carbocycles. The molecule has 1 saturated heterocycles. The summed E-state index contributed by atoms with van der Waals surface area (Å²) in [5, 5.41) is 9.60. The van der Waals surface area contributed by atoms with Gasteiger partial charge < -0.3 is 15.6 Å². The van der Waals surface area contributed by atoms with Gasteiger partial charge in [0.2, 0.25) is 0 Å². The Morgan fingerprint density at radius 3 is 2.50 bits per heavy atom. The third kappa shape index (κ3) is 4.50. The maximum absolute atomic E-state index is 9.60. The first-order chi connectivity index (χ1) is 8.36.